The number of amides is 1. The zero-order chi connectivity index (χ0) is 11.3. The van der Waals surface area contributed by atoms with Crippen molar-refractivity contribution in [3.63, 3.8) is 0 Å². The minimum Gasteiger partial charge on any atom is -0.481 e. The number of carbonyl (C=O) groups excluding carboxylic acids is 1. The zero-order valence-corrected chi connectivity index (χ0v) is 9.40. The molecule has 0 aliphatic heterocycles. The predicted molar refractivity (Wildman–Crippen MR) is 58.5 cm³/mol. The molecule has 6 heteroatoms. The fraction of sp³-hybridized carbons (Fsp3) is 0.333. The Labute approximate surface area is 95.9 Å². The van der Waals surface area contributed by atoms with Gasteiger partial charge in [-0.3, -0.25) is 9.59 Å². The van der Waals surface area contributed by atoms with Gasteiger partial charge in [-0.25, -0.2) is 0 Å². The normalized spacial score (nSPS) is 9.93. The lowest BCUT2D eigenvalue weighted by Crippen LogP contribution is -2.23. The summed E-state index contributed by atoms with van der Waals surface area (Å²) in [5.74, 6) is -1.07. The number of hydrogen-bond acceptors (Lipinski definition) is 3. The summed E-state index contributed by atoms with van der Waals surface area (Å²) in [6, 6.07) is 1.58. The van der Waals surface area contributed by atoms with Gasteiger partial charge in [0.1, 0.15) is 0 Å². The molecule has 1 heterocycles. The maximum atomic E-state index is 11.4. The van der Waals surface area contributed by atoms with Crippen LogP contribution in [0, 0.1) is 0 Å². The Morgan fingerprint density at radius 1 is 1.53 bits per heavy atom. The SMILES string of the molecule is O=C(O)CCCNC(=O)c1cc(Cl)cs1. The lowest BCUT2D eigenvalue weighted by atomic mass is 10.3. The molecule has 0 bridgehead atoms. The van der Waals surface area contributed by atoms with Gasteiger partial charge in [0.2, 0.25) is 0 Å². The van der Waals surface area contributed by atoms with Gasteiger partial charge in [0.25, 0.3) is 5.91 Å². The van der Waals surface area contributed by atoms with E-state index in [0.29, 0.717) is 22.9 Å². The van der Waals surface area contributed by atoms with Gasteiger partial charge in [0.15, 0.2) is 0 Å². The Balaban J connectivity index is 2.28. The number of carboxylic acids is 1. The summed E-state index contributed by atoms with van der Waals surface area (Å²) in [6.07, 6.45) is 0.492. The quantitative estimate of drug-likeness (QED) is 0.782. The molecule has 1 amide bonds. The van der Waals surface area contributed by atoms with Gasteiger partial charge in [-0.1, -0.05) is 11.6 Å². The van der Waals surface area contributed by atoms with Crippen molar-refractivity contribution in [1.29, 1.82) is 0 Å². The number of hydrogen-bond donors (Lipinski definition) is 2. The van der Waals surface area contributed by atoms with E-state index in [2.05, 4.69) is 5.32 Å². The number of halogens is 1. The van der Waals surface area contributed by atoms with Gasteiger partial charge in [-0.2, -0.15) is 0 Å². The van der Waals surface area contributed by atoms with Crippen molar-refractivity contribution in [2.75, 3.05) is 6.54 Å². The maximum Gasteiger partial charge on any atom is 0.303 e. The lowest BCUT2D eigenvalue weighted by molar-refractivity contribution is -0.137. The standard InChI is InChI=1S/C9H10ClNO3S/c10-6-4-7(15-5-6)9(14)11-3-1-2-8(12)13/h4-5H,1-3H2,(H,11,14)(H,12,13). The average molecular weight is 248 g/mol. The molecule has 15 heavy (non-hydrogen) atoms. The zero-order valence-electron chi connectivity index (χ0n) is 7.83. The Morgan fingerprint density at radius 3 is 2.80 bits per heavy atom. The number of thiophene rings is 1. The molecule has 1 rings (SSSR count). The fourth-order valence-corrected chi connectivity index (χ4v) is 1.95. The first-order chi connectivity index (χ1) is 7.09. The van der Waals surface area contributed by atoms with E-state index in [1.807, 2.05) is 0 Å². The molecule has 2 N–H and O–H groups in total. The molecule has 4 nitrogen and oxygen atoms in total. The molecule has 0 saturated carbocycles. The third-order valence-electron chi connectivity index (χ3n) is 1.64. The minimum absolute atomic E-state index is 0.0610. The summed E-state index contributed by atoms with van der Waals surface area (Å²) < 4.78 is 0. The highest BCUT2D eigenvalue weighted by atomic mass is 35.5. The van der Waals surface area contributed by atoms with Gasteiger partial charge >= 0.3 is 5.97 Å². The van der Waals surface area contributed by atoms with Gasteiger partial charge in [0.05, 0.1) is 9.90 Å². The van der Waals surface area contributed by atoms with Crippen LogP contribution < -0.4 is 5.32 Å². The Bertz CT molecular complexity index is 364. The van der Waals surface area contributed by atoms with Crippen LogP contribution in [0.4, 0.5) is 0 Å². The molecule has 0 spiro atoms. The van der Waals surface area contributed by atoms with E-state index in [-0.39, 0.29) is 12.3 Å². The second-order valence-corrected chi connectivity index (χ2v) is 4.23. The number of carbonyl (C=O) groups is 2. The Morgan fingerprint density at radius 2 is 2.27 bits per heavy atom. The number of nitrogens with one attached hydrogen (secondary N) is 1. The molecular weight excluding hydrogens is 238 g/mol. The molecule has 0 unspecified atom stereocenters. The van der Waals surface area contributed by atoms with Crippen LogP contribution in [-0.4, -0.2) is 23.5 Å². The smallest absolute Gasteiger partial charge is 0.303 e. The van der Waals surface area contributed by atoms with Crippen molar-refractivity contribution in [3.8, 4) is 0 Å². The van der Waals surface area contributed by atoms with E-state index in [9.17, 15) is 9.59 Å². The predicted octanol–water partition coefficient (Wildman–Crippen LogP) is 2.00. The van der Waals surface area contributed by atoms with E-state index in [1.165, 1.54) is 11.3 Å². The van der Waals surface area contributed by atoms with Crippen molar-refractivity contribution in [3.05, 3.63) is 21.3 Å². The van der Waals surface area contributed by atoms with E-state index < -0.39 is 5.97 Å². The molecule has 1 aromatic rings. The molecule has 0 fully saturated rings. The Hall–Kier alpha value is -1.07. The molecule has 1 aromatic heterocycles. The van der Waals surface area contributed by atoms with E-state index in [0.717, 1.165) is 0 Å². The van der Waals surface area contributed by atoms with Gasteiger partial charge in [-0.05, 0) is 12.5 Å². The number of aliphatic carboxylic acids is 1. The first-order valence-electron chi connectivity index (χ1n) is 4.33. The second kappa shape index (κ2) is 5.72. The lowest BCUT2D eigenvalue weighted by Gasteiger charge is -2.01. The summed E-state index contributed by atoms with van der Waals surface area (Å²) in [4.78, 5) is 22.1. The summed E-state index contributed by atoms with van der Waals surface area (Å²) in [7, 11) is 0. The largest absolute Gasteiger partial charge is 0.481 e. The third kappa shape index (κ3) is 4.31. The van der Waals surface area contributed by atoms with Crippen LogP contribution in [-0.2, 0) is 4.79 Å². The van der Waals surface area contributed by atoms with Gasteiger partial charge < -0.3 is 10.4 Å². The van der Waals surface area contributed by atoms with Gasteiger partial charge in [0, 0.05) is 18.3 Å². The molecule has 0 aliphatic rings. The van der Waals surface area contributed by atoms with Crippen molar-refractivity contribution < 1.29 is 14.7 Å². The van der Waals surface area contributed by atoms with E-state index in [4.69, 9.17) is 16.7 Å². The third-order valence-corrected chi connectivity index (χ3v) is 2.92. The molecule has 0 aliphatic carbocycles. The molecule has 0 atom stereocenters. The first kappa shape index (κ1) is 12.0. The first-order valence-corrected chi connectivity index (χ1v) is 5.59. The van der Waals surface area contributed by atoms with Crippen molar-refractivity contribution >= 4 is 34.8 Å². The van der Waals surface area contributed by atoms with Crippen LogP contribution in [0.5, 0.6) is 0 Å². The van der Waals surface area contributed by atoms with E-state index >= 15 is 0 Å². The van der Waals surface area contributed by atoms with Crippen LogP contribution in [0.25, 0.3) is 0 Å². The summed E-state index contributed by atoms with van der Waals surface area (Å²) in [6.45, 7) is 0.362. The van der Waals surface area contributed by atoms with Crippen molar-refractivity contribution in [1.82, 2.24) is 5.32 Å². The molecule has 0 aromatic carbocycles. The summed E-state index contributed by atoms with van der Waals surface area (Å²) in [5.41, 5.74) is 0. The molecule has 82 valence electrons. The number of carboxylic acid groups (broad SMARTS) is 1. The highest BCUT2D eigenvalue weighted by Gasteiger charge is 2.07. The highest BCUT2D eigenvalue weighted by Crippen LogP contribution is 2.18. The van der Waals surface area contributed by atoms with Crippen LogP contribution in [0.15, 0.2) is 11.4 Å². The average Bonchev–Trinajstić information content (AvgIpc) is 2.59. The van der Waals surface area contributed by atoms with Gasteiger partial charge in [-0.15, -0.1) is 11.3 Å². The fourth-order valence-electron chi connectivity index (χ4n) is 0.961. The molecule has 0 radical (unpaired) electrons. The Kier molecular flexibility index (Phi) is 4.58. The summed E-state index contributed by atoms with van der Waals surface area (Å²) >= 11 is 6.92. The second-order valence-electron chi connectivity index (χ2n) is 2.88. The van der Waals surface area contributed by atoms with Crippen molar-refractivity contribution in [2.24, 2.45) is 0 Å². The van der Waals surface area contributed by atoms with Crippen LogP contribution in [0.2, 0.25) is 5.02 Å². The minimum atomic E-state index is -0.858. The highest BCUT2D eigenvalue weighted by molar-refractivity contribution is 7.12. The van der Waals surface area contributed by atoms with E-state index in [1.54, 1.807) is 11.4 Å². The monoisotopic (exact) mass is 247 g/mol. The van der Waals surface area contributed by atoms with Crippen LogP contribution >= 0.6 is 22.9 Å². The van der Waals surface area contributed by atoms with Crippen LogP contribution in [0.1, 0.15) is 22.5 Å². The topological polar surface area (TPSA) is 66.4 Å². The van der Waals surface area contributed by atoms with Crippen LogP contribution in [0.3, 0.4) is 0 Å². The maximum absolute atomic E-state index is 11.4. The molecule has 0 saturated heterocycles. The number of rotatable bonds is 5. The van der Waals surface area contributed by atoms with Crippen molar-refractivity contribution in [2.45, 2.75) is 12.8 Å². The molecular formula is C9H10ClNO3S. The summed E-state index contributed by atoms with van der Waals surface area (Å²) in [5, 5.41) is 13.2.